The summed E-state index contributed by atoms with van der Waals surface area (Å²) in [7, 11) is 0. The van der Waals surface area contributed by atoms with Gasteiger partial charge in [-0.1, -0.05) is 0 Å². The average Bonchev–Trinajstić information content (AvgIpc) is 2.35. The molecule has 1 aromatic heterocycles. The molecule has 0 aliphatic rings. The molecule has 1 rings (SSSR count). The molecule has 1 aromatic rings. The number of carboxylic acid groups (broad SMARTS) is 1. The van der Waals surface area contributed by atoms with E-state index in [-0.39, 0.29) is 0 Å². The van der Waals surface area contributed by atoms with Gasteiger partial charge in [-0.2, -0.15) is 0 Å². The maximum Gasteiger partial charge on any atom is 0.329 e. The minimum Gasteiger partial charge on any atom is -0.480 e. The molecule has 4 nitrogen and oxygen atoms in total. The van der Waals surface area contributed by atoms with Crippen molar-refractivity contribution in [2.75, 3.05) is 0 Å². The number of aromatic nitrogens is 2. The average molecular weight is 168 g/mol. The first-order chi connectivity index (χ1) is 5.46. The summed E-state index contributed by atoms with van der Waals surface area (Å²) in [6.07, 6.45) is 3.27. The standard InChI is InChI=1S/C8H12N2O2/c1-6-9-4-5-10(6)8(2,3)7(11)12/h4-5H,1-3H3,(H,11,12). The van der Waals surface area contributed by atoms with Crippen molar-refractivity contribution >= 4 is 5.97 Å². The van der Waals surface area contributed by atoms with Crippen LogP contribution in [0.3, 0.4) is 0 Å². The Hall–Kier alpha value is -1.32. The topological polar surface area (TPSA) is 55.1 Å². The number of nitrogens with zero attached hydrogens (tertiary/aromatic N) is 2. The molecule has 0 saturated heterocycles. The Balaban J connectivity index is 3.13. The second kappa shape index (κ2) is 2.62. The summed E-state index contributed by atoms with van der Waals surface area (Å²) in [5.41, 5.74) is -0.916. The number of aryl methyl sites for hydroxylation is 1. The third-order valence-corrected chi connectivity index (χ3v) is 1.95. The van der Waals surface area contributed by atoms with Gasteiger partial charge in [0, 0.05) is 12.4 Å². The molecule has 0 amide bonds. The third-order valence-electron chi connectivity index (χ3n) is 1.95. The Morgan fingerprint density at radius 2 is 2.25 bits per heavy atom. The van der Waals surface area contributed by atoms with Crippen molar-refractivity contribution in [3.05, 3.63) is 18.2 Å². The van der Waals surface area contributed by atoms with E-state index in [1.807, 2.05) is 0 Å². The van der Waals surface area contributed by atoms with Crippen LogP contribution in [-0.4, -0.2) is 20.6 Å². The highest BCUT2D eigenvalue weighted by molar-refractivity contribution is 5.75. The lowest BCUT2D eigenvalue weighted by atomic mass is 10.1. The van der Waals surface area contributed by atoms with Crippen LogP contribution >= 0.6 is 0 Å². The highest BCUT2D eigenvalue weighted by Crippen LogP contribution is 2.16. The zero-order chi connectivity index (χ0) is 9.35. The van der Waals surface area contributed by atoms with Crippen LogP contribution in [0, 0.1) is 6.92 Å². The number of hydrogen-bond donors (Lipinski definition) is 1. The van der Waals surface area contributed by atoms with Gasteiger partial charge in [0.05, 0.1) is 0 Å². The molecule has 0 spiro atoms. The van der Waals surface area contributed by atoms with Gasteiger partial charge in [0.15, 0.2) is 0 Å². The van der Waals surface area contributed by atoms with E-state index in [0.29, 0.717) is 5.82 Å². The third kappa shape index (κ3) is 1.20. The van der Waals surface area contributed by atoms with Gasteiger partial charge >= 0.3 is 5.97 Å². The fraction of sp³-hybridized carbons (Fsp3) is 0.500. The summed E-state index contributed by atoms with van der Waals surface area (Å²) in [5, 5.41) is 8.89. The fourth-order valence-electron chi connectivity index (χ4n) is 1.07. The Morgan fingerprint density at radius 1 is 1.67 bits per heavy atom. The molecule has 0 saturated carbocycles. The maximum absolute atomic E-state index is 10.8. The van der Waals surface area contributed by atoms with Gasteiger partial charge in [-0.25, -0.2) is 9.78 Å². The van der Waals surface area contributed by atoms with Gasteiger partial charge in [-0.05, 0) is 20.8 Å². The zero-order valence-corrected chi connectivity index (χ0v) is 7.40. The van der Waals surface area contributed by atoms with E-state index in [0.717, 1.165) is 0 Å². The molecule has 12 heavy (non-hydrogen) atoms. The summed E-state index contributed by atoms with van der Waals surface area (Å²) in [6, 6.07) is 0. The Bertz CT molecular complexity index is 302. The predicted octanol–water partition coefficient (Wildman–Crippen LogP) is 1.01. The van der Waals surface area contributed by atoms with Crippen LogP contribution < -0.4 is 0 Å². The molecular weight excluding hydrogens is 156 g/mol. The van der Waals surface area contributed by atoms with Gasteiger partial charge in [-0.15, -0.1) is 0 Å². The van der Waals surface area contributed by atoms with Crippen molar-refractivity contribution in [2.24, 2.45) is 0 Å². The molecule has 0 bridgehead atoms. The number of carbonyl (C=O) groups is 1. The van der Waals surface area contributed by atoms with E-state index < -0.39 is 11.5 Å². The smallest absolute Gasteiger partial charge is 0.329 e. The molecule has 4 heteroatoms. The fourth-order valence-corrected chi connectivity index (χ4v) is 1.07. The molecule has 0 fully saturated rings. The summed E-state index contributed by atoms with van der Waals surface area (Å²) in [6.45, 7) is 5.07. The van der Waals surface area contributed by atoms with Gasteiger partial charge in [0.2, 0.25) is 0 Å². The number of hydrogen-bond acceptors (Lipinski definition) is 2. The van der Waals surface area contributed by atoms with Crippen LogP contribution in [-0.2, 0) is 10.3 Å². The Labute approximate surface area is 70.9 Å². The van der Waals surface area contributed by atoms with Crippen molar-refractivity contribution in [1.82, 2.24) is 9.55 Å². The number of aliphatic carboxylic acids is 1. The first kappa shape index (κ1) is 8.77. The van der Waals surface area contributed by atoms with E-state index in [4.69, 9.17) is 5.11 Å². The quantitative estimate of drug-likeness (QED) is 0.717. The van der Waals surface area contributed by atoms with E-state index in [2.05, 4.69) is 4.98 Å². The van der Waals surface area contributed by atoms with E-state index in [1.54, 1.807) is 37.7 Å². The molecule has 66 valence electrons. The normalized spacial score (nSPS) is 11.6. The van der Waals surface area contributed by atoms with Gasteiger partial charge in [-0.3, -0.25) is 0 Å². The molecule has 1 N–H and O–H groups in total. The molecule has 1 heterocycles. The maximum atomic E-state index is 10.8. The number of rotatable bonds is 2. The van der Waals surface area contributed by atoms with E-state index in [1.165, 1.54) is 0 Å². The van der Waals surface area contributed by atoms with Crippen molar-refractivity contribution in [3.63, 3.8) is 0 Å². The van der Waals surface area contributed by atoms with E-state index >= 15 is 0 Å². The van der Waals surface area contributed by atoms with Gasteiger partial charge in [0.25, 0.3) is 0 Å². The van der Waals surface area contributed by atoms with Crippen LogP contribution in [0.15, 0.2) is 12.4 Å². The lowest BCUT2D eigenvalue weighted by Crippen LogP contribution is -2.35. The Kier molecular flexibility index (Phi) is 1.92. The second-order valence-electron chi connectivity index (χ2n) is 3.21. The minimum absolute atomic E-state index is 0.711. The zero-order valence-electron chi connectivity index (χ0n) is 7.40. The Morgan fingerprint density at radius 3 is 2.58 bits per heavy atom. The molecular formula is C8H12N2O2. The molecule has 0 aromatic carbocycles. The molecule has 0 unspecified atom stereocenters. The largest absolute Gasteiger partial charge is 0.480 e. The van der Waals surface area contributed by atoms with Crippen LogP contribution in [0.25, 0.3) is 0 Å². The summed E-state index contributed by atoms with van der Waals surface area (Å²) >= 11 is 0. The van der Waals surface area contributed by atoms with Crippen molar-refractivity contribution in [3.8, 4) is 0 Å². The van der Waals surface area contributed by atoms with Crippen LogP contribution in [0.4, 0.5) is 0 Å². The van der Waals surface area contributed by atoms with Crippen molar-refractivity contribution in [1.29, 1.82) is 0 Å². The SMILES string of the molecule is Cc1nccn1C(C)(C)C(=O)O. The summed E-state index contributed by atoms with van der Waals surface area (Å²) < 4.78 is 1.63. The highest BCUT2D eigenvalue weighted by Gasteiger charge is 2.29. The number of imidazole rings is 1. The van der Waals surface area contributed by atoms with Crippen LogP contribution in [0.1, 0.15) is 19.7 Å². The summed E-state index contributed by atoms with van der Waals surface area (Å²) in [4.78, 5) is 14.8. The van der Waals surface area contributed by atoms with Gasteiger partial charge in [0.1, 0.15) is 11.4 Å². The van der Waals surface area contributed by atoms with Crippen LogP contribution in [0.2, 0.25) is 0 Å². The van der Waals surface area contributed by atoms with Crippen molar-refractivity contribution in [2.45, 2.75) is 26.3 Å². The molecule has 0 atom stereocenters. The first-order valence-electron chi connectivity index (χ1n) is 3.70. The van der Waals surface area contributed by atoms with Gasteiger partial charge < -0.3 is 9.67 Å². The van der Waals surface area contributed by atoms with Crippen LogP contribution in [0.5, 0.6) is 0 Å². The molecule has 0 aliphatic carbocycles. The predicted molar refractivity (Wildman–Crippen MR) is 43.9 cm³/mol. The van der Waals surface area contributed by atoms with E-state index in [9.17, 15) is 4.79 Å². The second-order valence-corrected chi connectivity index (χ2v) is 3.21. The lowest BCUT2D eigenvalue weighted by Gasteiger charge is -2.22. The first-order valence-corrected chi connectivity index (χ1v) is 3.70. The summed E-state index contributed by atoms with van der Waals surface area (Å²) in [5.74, 6) is -0.147. The number of carboxylic acids is 1. The molecule has 0 radical (unpaired) electrons. The monoisotopic (exact) mass is 168 g/mol. The highest BCUT2D eigenvalue weighted by atomic mass is 16.4. The lowest BCUT2D eigenvalue weighted by molar-refractivity contribution is -0.145. The molecule has 0 aliphatic heterocycles. The minimum atomic E-state index is -0.916. The van der Waals surface area contributed by atoms with Crippen molar-refractivity contribution < 1.29 is 9.90 Å².